The molecule has 2 amide bonds. The molecule has 0 unspecified atom stereocenters. The molecule has 2 aromatic heterocycles. The molecule has 2 aromatic rings. The van der Waals surface area contributed by atoms with E-state index in [1.54, 1.807) is 0 Å². The molecule has 1 saturated heterocycles. The van der Waals surface area contributed by atoms with Crippen LogP contribution >= 0.6 is 11.6 Å². The molecule has 2 atom stereocenters. The Labute approximate surface area is 172 Å². The van der Waals surface area contributed by atoms with Crippen LogP contribution in [0.15, 0.2) is 30.6 Å². The molecule has 160 valence electrons. The second-order valence-electron chi connectivity index (χ2n) is 6.59. The van der Waals surface area contributed by atoms with Gasteiger partial charge in [0, 0.05) is 29.9 Å². The van der Waals surface area contributed by atoms with E-state index < -0.39 is 36.1 Å². The third-order valence-electron chi connectivity index (χ3n) is 4.52. The topological polar surface area (TPSA) is 95.4 Å². The average Bonchev–Trinajstić information content (AvgIpc) is 3.09. The van der Waals surface area contributed by atoms with Gasteiger partial charge in [-0.3, -0.25) is 19.7 Å². The van der Waals surface area contributed by atoms with E-state index in [9.17, 15) is 27.2 Å². The summed E-state index contributed by atoms with van der Waals surface area (Å²) in [4.78, 5) is 31.6. The monoisotopic (exact) mass is 446 g/mol. The molecule has 0 radical (unpaired) electrons. The van der Waals surface area contributed by atoms with E-state index in [0.29, 0.717) is 16.8 Å². The van der Waals surface area contributed by atoms with Crippen LogP contribution in [0.25, 0.3) is 11.1 Å². The lowest BCUT2D eigenvalue weighted by Gasteiger charge is -2.20. The molecule has 0 bridgehead atoms. The first-order valence-corrected chi connectivity index (χ1v) is 9.03. The number of rotatable bonds is 4. The number of nitrogens with one attached hydrogen (secondary N) is 1. The first-order valence-electron chi connectivity index (χ1n) is 8.65. The quantitative estimate of drug-likeness (QED) is 0.701. The number of hydrogen-bond donors (Lipinski definition) is 2. The number of carboxylic acid groups (broad SMARTS) is 1. The van der Waals surface area contributed by atoms with E-state index in [2.05, 4.69) is 15.3 Å². The molecule has 1 aliphatic heterocycles. The van der Waals surface area contributed by atoms with Gasteiger partial charge in [0.05, 0.1) is 23.8 Å². The summed E-state index contributed by atoms with van der Waals surface area (Å²) in [5.74, 6) is -0.674. The van der Waals surface area contributed by atoms with Gasteiger partial charge in [-0.15, -0.1) is 0 Å². The molecule has 0 aliphatic carbocycles. The van der Waals surface area contributed by atoms with Crippen LogP contribution in [-0.4, -0.2) is 50.7 Å². The molecule has 0 spiro atoms. The fraction of sp³-hybridized carbons (Fsp3) is 0.333. The summed E-state index contributed by atoms with van der Waals surface area (Å²) in [5, 5.41) is 11.7. The van der Waals surface area contributed by atoms with Crippen LogP contribution < -0.4 is 5.32 Å². The van der Waals surface area contributed by atoms with Crippen molar-refractivity contribution in [2.75, 3.05) is 6.54 Å². The Bertz CT molecular complexity index is 955. The van der Waals surface area contributed by atoms with Crippen LogP contribution in [0.4, 0.5) is 22.4 Å². The van der Waals surface area contributed by atoms with Crippen LogP contribution in [0, 0.1) is 0 Å². The normalized spacial score (nSPS) is 19.0. The molecule has 2 N–H and O–H groups in total. The second kappa shape index (κ2) is 8.42. The average molecular weight is 447 g/mol. The smallest absolute Gasteiger partial charge is 0.433 e. The zero-order valence-electron chi connectivity index (χ0n) is 15.2. The van der Waals surface area contributed by atoms with E-state index in [1.165, 1.54) is 18.3 Å². The summed E-state index contributed by atoms with van der Waals surface area (Å²) >= 11 is 6.08. The van der Waals surface area contributed by atoms with Crippen molar-refractivity contribution < 1.29 is 32.3 Å². The lowest BCUT2D eigenvalue weighted by molar-refractivity contribution is -0.141. The second-order valence-corrected chi connectivity index (χ2v) is 6.99. The molecule has 1 fully saturated rings. The Balaban J connectivity index is 1.73. The number of nitrogens with zero attached hydrogens (tertiary/aromatic N) is 3. The van der Waals surface area contributed by atoms with Crippen molar-refractivity contribution >= 4 is 23.6 Å². The minimum Gasteiger partial charge on any atom is -0.465 e. The van der Waals surface area contributed by atoms with Gasteiger partial charge in [0.15, 0.2) is 0 Å². The number of pyridine rings is 2. The van der Waals surface area contributed by atoms with Gasteiger partial charge in [-0.1, -0.05) is 17.7 Å². The Morgan fingerprint density at radius 2 is 2.00 bits per heavy atom. The van der Waals surface area contributed by atoms with Gasteiger partial charge >= 0.3 is 12.3 Å². The highest BCUT2D eigenvalue weighted by atomic mass is 35.5. The summed E-state index contributed by atoms with van der Waals surface area (Å²) < 4.78 is 51.5. The summed E-state index contributed by atoms with van der Waals surface area (Å²) in [7, 11) is 0. The van der Waals surface area contributed by atoms with Crippen molar-refractivity contribution in [1.82, 2.24) is 20.2 Å². The number of amides is 2. The van der Waals surface area contributed by atoms with Gasteiger partial charge in [0.2, 0.25) is 5.91 Å². The zero-order valence-corrected chi connectivity index (χ0v) is 15.9. The third kappa shape index (κ3) is 4.78. The van der Waals surface area contributed by atoms with Gasteiger partial charge < -0.3 is 10.4 Å². The standard InChI is InChI=1S/C18H15ClF4N4O3/c19-13-7-24-11(4-12(13)9-1-2-15(25-5-9)18(21,22)23)6-26-16(28)14-3-10(20)8-27(14)17(29)30/h1-2,4-5,7,10,14H,3,6,8H2,(H,26,28)(H,29,30)/t10-,14-/m1/s1. The van der Waals surface area contributed by atoms with E-state index in [4.69, 9.17) is 16.7 Å². The molecule has 3 rings (SSSR count). The number of carbonyl (C=O) groups excluding carboxylic acids is 1. The van der Waals surface area contributed by atoms with Crippen molar-refractivity contribution in [3.8, 4) is 11.1 Å². The summed E-state index contributed by atoms with van der Waals surface area (Å²) in [5.41, 5.74) is -0.0565. The first kappa shape index (κ1) is 21.8. The number of halogens is 5. The van der Waals surface area contributed by atoms with Crippen molar-refractivity contribution in [1.29, 1.82) is 0 Å². The zero-order chi connectivity index (χ0) is 22.1. The summed E-state index contributed by atoms with van der Waals surface area (Å²) in [6.45, 7) is -0.490. The molecule has 3 heterocycles. The van der Waals surface area contributed by atoms with Gasteiger partial charge in [-0.2, -0.15) is 13.2 Å². The van der Waals surface area contributed by atoms with Crippen LogP contribution in [0.1, 0.15) is 17.8 Å². The molecule has 0 aromatic carbocycles. The molecular formula is C18H15ClF4N4O3. The Kier molecular flexibility index (Phi) is 6.11. The van der Waals surface area contributed by atoms with Crippen LogP contribution in [0.5, 0.6) is 0 Å². The third-order valence-corrected chi connectivity index (χ3v) is 4.82. The van der Waals surface area contributed by atoms with E-state index in [0.717, 1.165) is 17.2 Å². The predicted molar refractivity (Wildman–Crippen MR) is 97.4 cm³/mol. The molecular weight excluding hydrogens is 432 g/mol. The van der Waals surface area contributed by atoms with E-state index in [-0.39, 0.29) is 24.5 Å². The fourth-order valence-corrected chi connectivity index (χ4v) is 3.27. The van der Waals surface area contributed by atoms with E-state index in [1.807, 2.05) is 0 Å². The lowest BCUT2D eigenvalue weighted by atomic mass is 10.1. The van der Waals surface area contributed by atoms with Gasteiger partial charge in [-0.05, 0) is 12.1 Å². The van der Waals surface area contributed by atoms with Gasteiger partial charge in [0.1, 0.15) is 17.9 Å². The maximum absolute atomic E-state index is 13.5. The summed E-state index contributed by atoms with van der Waals surface area (Å²) in [6.07, 6.45) is -5.33. The first-order chi connectivity index (χ1) is 14.1. The number of likely N-dealkylation sites (tertiary alicyclic amines) is 1. The minimum absolute atomic E-state index is 0.113. The van der Waals surface area contributed by atoms with Gasteiger partial charge in [0.25, 0.3) is 0 Å². The summed E-state index contributed by atoms with van der Waals surface area (Å²) in [6, 6.07) is 2.35. The number of carbonyl (C=O) groups is 2. The van der Waals surface area contributed by atoms with Crippen molar-refractivity contribution in [2.45, 2.75) is 31.4 Å². The minimum atomic E-state index is -4.57. The SMILES string of the molecule is O=C(NCc1cc(-c2ccc(C(F)(F)F)nc2)c(Cl)cn1)[C@H]1C[C@@H](F)CN1C(=O)O. The van der Waals surface area contributed by atoms with E-state index >= 15 is 0 Å². The van der Waals surface area contributed by atoms with Gasteiger partial charge in [-0.25, -0.2) is 9.18 Å². The molecule has 1 aliphatic rings. The van der Waals surface area contributed by atoms with Crippen molar-refractivity contribution in [2.24, 2.45) is 0 Å². The molecule has 0 saturated carbocycles. The number of alkyl halides is 4. The molecule has 30 heavy (non-hydrogen) atoms. The molecule has 12 heteroatoms. The van der Waals surface area contributed by atoms with Crippen LogP contribution in [-0.2, 0) is 17.5 Å². The number of hydrogen-bond acceptors (Lipinski definition) is 4. The highest BCUT2D eigenvalue weighted by molar-refractivity contribution is 6.33. The highest BCUT2D eigenvalue weighted by Crippen LogP contribution is 2.31. The fourth-order valence-electron chi connectivity index (χ4n) is 3.06. The largest absolute Gasteiger partial charge is 0.465 e. The van der Waals surface area contributed by atoms with Crippen LogP contribution in [0.2, 0.25) is 5.02 Å². The lowest BCUT2D eigenvalue weighted by Crippen LogP contribution is -2.45. The number of aromatic nitrogens is 2. The molecule has 7 nitrogen and oxygen atoms in total. The van der Waals surface area contributed by atoms with Crippen molar-refractivity contribution in [3.63, 3.8) is 0 Å². The predicted octanol–water partition coefficient (Wildman–Crippen LogP) is 3.52. The van der Waals surface area contributed by atoms with Crippen LogP contribution in [0.3, 0.4) is 0 Å². The Morgan fingerprint density at radius 1 is 1.27 bits per heavy atom. The maximum atomic E-state index is 13.5. The van der Waals surface area contributed by atoms with Crippen molar-refractivity contribution in [3.05, 3.63) is 47.0 Å². The Hall–Kier alpha value is -2.95. The maximum Gasteiger partial charge on any atom is 0.433 e. The Morgan fingerprint density at radius 3 is 2.60 bits per heavy atom. The highest BCUT2D eigenvalue weighted by Gasteiger charge is 2.39.